The number of fused-ring (bicyclic) bond motifs is 1. The van der Waals surface area contributed by atoms with Crippen molar-refractivity contribution in [3.63, 3.8) is 0 Å². The molecule has 0 N–H and O–H groups in total. The Morgan fingerprint density at radius 3 is 2.73 bits per heavy atom. The fraction of sp³-hybridized carbons (Fsp3) is 0.444. The minimum absolute atomic E-state index is 0.214. The Bertz CT molecular complexity index is 464. The molecule has 2 heterocycles. The molecule has 1 aliphatic heterocycles. The van der Waals surface area contributed by atoms with Gasteiger partial charge in [0, 0.05) is 17.9 Å². The lowest BCUT2D eigenvalue weighted by Crippen LogP contribution is -2.25. The van der Waals surface area contributed by atoms with E-state index in [4.69, 9.17) is 0 Å². The predicted octanol–water partition coefficient (Wildman–Crippen LogP) is 2.28. The Kier molecular flexibility index (Phi) is 2.33. The monoisotopic (exact) mass is 235 g/mol. The van der Waals surface area contributed by atoms with Gasteiger partial charge in [-0.15, -0.1) is 11.8 Å². The van der Waals surface area contributed by atoms with Crippen LogP contribution < -0.4 is 5.56 Å². The molecule has 82 valence electrons. The normalized spacial score (nSPS) is 15.5. The van der Waals surface area contributed by atoms with Crippen LogP contribution >= 0.6 is 11.8 Å². The molecule has 0 saturated heterocycles. The van der Waals surface area contributed by atoms with E-state index in [2.05, 4.69) is 0 Å². The number of aromatic nitrogens is 1. The molecule has 0 amide bonds. The molecule has 0 spiro atoms. The zero-order chi connectivity index (χ0) is 11.2. The van der Waals surface area contributed by atoms with Crippen molar-refractivity contribution in [2.24, 2.45) is 0 Å². The Morgan fingerprint density at radius 2 is 2.13 bits per heavy atom. The number of halogens is 3. The third-order valence-corrected chi connectivity index (χ3v) is 3.39. The lowest BCUT2D eigenvalue weighted by Gasteiger charge is -2.12. The van der Waals surface area contributed by atoms with Gasteiger partial charge < -0.3 is 4.57 Å². The summed E-state index contributed by atoms with van der Waals surface area (Å²) in [6, 6.07) is 1.06. The number of hydrogen-bond acceptors (Lipinski definition) is 2. The van der Waals surface area contributed by atoms with Crippen molar-refractivity contribution in [1.82, 2.24) is 4.57 Å². The zero-order valence-electron chi connectivity index (χ0n) is 7.89. The first kappa shape index (κ1) is 10.6. The number of nitrogens with zero attached hydrogens (tertiary/aromatic N) is 1. The second-order valence-corrected chi connectivity index (χ2v) is 4.44. The quantitative estimate of drug-likeness (QED) is 0.688. The maximum Gasteiger partial charge on any atom is 0.416 e. The van der Waals surface area contributed by atoms with Crippen molar-refractivity contribution >= 4 is 11.8 Å². The molecule has 1 aromatic rings. The predicted molar refractivity (Wildman–Crippen MR) is 51.2 cm³/mol. The SMILES string of the molecule is Cc1c(C(F)(F)F)cc2n(c1=O)CCS2. The highest BCUT2D eigenvalue weighted by Crippen LogP contribution is 2.34. The molecule has 0 fully saturated rings. The summed E-state index contributed by atoms with van der Waals surface area (Å²) in [7, 11) is 0. The first-order chi connectivity index (χ1) is 6.91. The fourth-order valence-corrected chi connectivity index (χ4v) is 2.61. The maximum atomic E-state index is 12.5. The summed E-state index contributed by atoms with van der Waals surface area (Å²) < 4.78 is 39.0. The molecule has 0 aromatic carbocycles. The van der Waals surface area contributed by atoms with Gasteiger partial charge in [-0.3, -0.25) is 4.79 Å². The summed E-state index contributed by atoms with van der Waals surface area (Å²) in [4.78, 5) is 11.6. The molecule has 0 unspecified atom stereocenters. The Hall–Kier alpha value is -0.910. The molecule has 0 aliphatic carbocycles. The van der Waals surface area contributed by atoms with Gasteiger partial charge in [0.05, 0.1) is 10.6 Å². The Morgan fingerprint density at radius 1 is 1.47 bits per heavy atom. The Balaban J connectivity index is 2.70. The van der Waals surface area contributed by atoms with Crippen LogP contribution in [0.2, 0.25) is 0 Å². The first-order valence-corrected chi connectivity index (χ1v) is 5.34. The van der Waals surface area contributed by atoms with Crippen LogP contribution in [0.4, 0.5) is 13.2 Å². The molecule has 0 bridgehead atoms. The van der Waals surface area contributed by atoms with Crippen molar-refractivity contribution in [3.05, 3.63) is 27.5 Å². The number of pyridine rings is 1. The van der Waals surface area contributed by atoms with Crippen LogP contribution in [-0.2, 0) is 12.7 Å². The smallest absolute Gasteiger partial charge is 0.302 e. The molecular weight excluding hydrogens is 227 g/mol. The number of alkyl halides is 3. The van der Waals surface area contributed by atoms with Gasteiger partial charge in [-0.05, 0) is 13.0 Å². The van der Waals surface area contributed by atoms with Gasteiger partial charge in [0.1, 0.15) is 0 Å². The second kappa shape index (κ2) is 3.30. The van der Waals surface area contributed by atoms with Gasteiger partial charge in [0.25, 0.3) is 5.56 Å². The third-order valence-electron chi connectivity index (χ3n) is 2.37. The molecule has 0 atom stereocenters. The summed E-state index contributed by atoms with van der Waals surface area (Å²) in [5.41, 5.74) is -1.55. The van der Waals surface area contributed by atoms with Crippen LogP contribution in [-0.4, -0.2) is 10.3 Å². The van der Waals surface area contributed by atoms with Crippen LogP contribution in [0, 0.1) is 6.92 Å². The van der Waals surface area contributed by atoms with E-state index in [0.29, 0.717) is 17.3 Å². The highest BCUT2D eigenvalue weighted by atomic mass is 32.2. The fourth-order valence-electron chi connectivity index (χ4n) is 1.59. The molecule has 0 radical (unpaired) electrons. The largest absolute Gasteiger partial charge is 0.416 e. The van der Waals surface area contributed by atoms with Gasteiger partial charge in [-0.2, -0.15) is 13.2 Å². The van der Waals surface area contributed by atoms with E-state index in [-0.39, 0.29) is 5.56 Å². The molecular formula is C9H8F3NOS. The number of thioether (sulfide) groups is 1. The van der Waals surface area contributed by atoms with Crippen molar-refractivity contribution in [1.29, 1.82) is 0 Å². The van der Waals surface area contributed by atoms with E-state index in [1.807, 2.05) is 0 Å². The van der Waals surface area contributed by atoms with E-state index < -0.39 is 17.3 Å². The summed E-state index contributed by atoms with van der Waals surface area (Å²) in [5, 5.41) is 0.415. The lowest BCUT2D eigenvalue weighted by molar-refractivity contribution is -0.138. The van der Waals surface area contributed by atoms with Crippen LogP contribution in [0.3, 0.4) is 0 Å². The maximum absolute atomic E-state index is 12.5. The molecule has 6 heteroatoms. The molecule has 2 nitrogen and oxygen atoms in total. The van der Waals surface area contributed by atoms with Crippen LogP contribution in [0.25, 0.3) is 0 Å². The van der Waals surface area contributed by atoms with Gasteiger partial charge >= 0.3 is 6.18 Å². The molecule has 2 rings (SSSR count). The van der Waals surface area contributed by atoms with Gasteiger partial charge in [-0.25, -0.2) is 0 Å². The highest BCUT2D eigenvalue weighted by Gasteiger charge is 2.35. The van der Waals surface area contributed by atoms with Gasteiger partial charge in [0.2, 0.25) is 0 Å². The van der Waals surface area contributed by atoms with Crippen LogP contribution in [0.15, 0.2) is 15.9 Å². The third kappa shape index (κ3) is 1.67. The van der Waals surface area contributed by atoms with Crippen molar-refractivity contribution in [2.45, 2.75) is 24.7 Å². The topological polar surface area (TPSA) is 22.0 Å². The van der Waals surface area contributed by atoms with Gasteiger partial charge in [0.15, 0.2) is 0 Å². The first-order valence-electron chi connectivity index (χ1n) is 4.35. The summed E-state index contributed by atoms with van der Waals surface area (Å²) in [5.74, 6) is 0.663. The molecule has 1 aromatic heterocycles. The standard InChI is InChI=1S/C9H8F3NOS/c1-5-6(9(10,11)12)4-7-13(8(5)14)2-3-15-7/h4H,2-3H2,1H3. The van der Waals surface area contributed by atoms with Crippen molar-refractivity contribution < 1.29 is 13.2 Å². The average molecular weight is 235 g/mol. The molecule has 0 saturated carbocycles. The minimum atomic E-state index is -4.44. The van der Waals surface area contributed by atoms with E-state index in [1.165, 1.54) is 23.3 Å². The van der Waals surface area contributed by atoms with E-state index in [9.17, 15) is 18.0 Å². The second-order valence-electron chi connectivity index (χ2n) is 3.32. The van der Waals surface area contributed by atoms with Crippen LogP contribution in [0.1, 0.15) is 11.1 Å². The van der Waals surface area contributed by atoms with Crippen LogP contribution in [0.5, 0.6) is 0 Å². The number of rotatable bonds is 0. The lowest BCUT2D eigenvalue weighted by atomic mass is 10.1. The molecule has 1 aliphatic rings. The minimum Gasteiger partial charge on any atom is -0.302 e. The summed E-state index contributed by atoms with van der Waals surface area (Å²) in [6.45, 7) is 1.72. The Labute approximate surface area is 88.1 Å². The highest BCUT2D eigenvalue weighted by molar-refractivity contribution is 7.99. The molecule has 15 heavy (non-hydrogen) atoms. The van der Waals surface area contributed by atoms with Crippen molar-refractivity contribution in [3.8, 4) is 0 Å². The van der Waals surface area contributed by atoms with E-state index >= 15 is 0 Å². The zero-order valence-corrected chi connectivity index (χ0v) is 8.71. The summed E-state index contributed by atoms with van der Waals surface area (Å²) >= 11 is 1.28. The van der Waals surface area contributed by atoms with Gasteiger partial charge in [-0.1, -0.05) is 0 Å². The summed E-state index contributed by atoms with van der Waals surface area (Å²) in [6.07, 6.45) is -4.44. The van der Waals surface area contributed by atoms with E-state index in [1.54, 1.807) is 0 Å². The van der Waals surface area contributed by atoms with Crippen molar-refractivity contribution in [2.75, 3.05) is 5.75 Å². The average Bonchev–Trinajstić information content (AvgIpc) is 2.57. The van der Waals surface area contributed by atoms with E-state index in [0.717, 1.165) is 6.07 Å². The number of hydrogen-bond donors (Lipinski definition) is 0.